The highest BCUT2D eigenvalue weighted by Crippen LogP contribution is 2.24. The van der Waals surface area contributed by atoms with Gasteiger partial charge in [-0.15, -0.1) is 11.8 Å². The monoisotopic (exact) mass is 364 g/mol. The molecule has 0 atom stereocenters. The van der Waals surface area contributed by atoms with Crippen LogP contribution < -0.4 is 10.6 Å². The first-order valence-corrected chi connectivity index (χ1v) is 9.56. The molecule has 1 aliphatic rings. The zero-order valence-electron chi connectivity index (χ0n) is 14.3. The largest absolute Gasteiger partial charge is 0.481 e. The van der Waals surface area contributed by atoms with Crippen molar-refractivity contribution in [3.05, 3.63) is 29.8 Å². The molecular formula is C18H24N2O4S. The predicted octanol–water partition coefficient (Wildman–Crippen LogP) is 2.43. The van der Waals surface area contributed by atoms with Gasteiger partial charge >= 0.3 is 5.97 Å². The summed E-state index contributed by atoms with van der Waals surface area (Å²) in [5, 5.41) is 14.7. The molecule has 1 aromatic rings. The van der Waals surface area contributed by atoms with Gasteiger partial charge in [-0.1, -0.05) is 17.7 Å². The molecule has 3 N–H and O–H groups in total. The van der Waals surface area contributed by atoms with Crippen LogP contribution in [0.3, 0.4) is 0 Å². The van der Waals surface area contributed by atoms with Crippen LogP contribution in [-0.4, -0.2) is 40.4 Å². The van der Waals surface area contributed by atoms with Crippen molar-refractivity contribution in [2.45, 2.75) is 38.6 Å². The summed E-state index contributed by atoms with van der Waals surface area (Å²) >= 11 is 1.27. The number of carbonyl (C=O) groups is 3. The summed E-state index contributed by atoms with van der Waals surface area (Å²) in [6, 6.07) is 7.59. The molecule has 0 saturated heterocycles. The van der Waals surface area contributed by atoms with Gasteiger partial charge < -0.3 is 15.7 Å². The van der Waals surface area contributed by atoms with E-state index in [0.717, 1.165) is 11.3 Å². The summed E-state index contributed by atoms with van der Waals surface area (Å²) in [4.78, 5) is 34.7. The number of amides is 2. The van der Waals surface area contributed by atoms with E-state index in [9.17, 15) is 14.4 Å². The maximum Gasteiger partial charge on any atom is 0.306 e. The van der Waals surface area contributed by atoms with Gasteiger partial charge in [0.25, 0.3) is 0 Å². The van der Waals surface area contributed by atoms with Gasteiger partial charge in [0.05, 0.1) is 17.4 Å². The molecule has 0 aromatic heterocycles. The second-order valence-electron chi connectivity index (χ2n) is 6.36. The minimum Gasteiger partial charge on any atom is -0.481 e. The highest BCUT2D eigenvalue weighted by molar-refractivity contribution is 8.00. The molecule has 25 heavy (non-hydrogen) atoms. The van der Waals surface area contributed by atoms with Crippen LogP contribution in [0, 0.1) is 12.8 Å². The number of hydrogen-bond acceptors (Lipinski definition) is 4. The van der Waals surface area contributed by atoms with Gasteiger partial charge in [0.1, 0.15) is 0 Å². The van der Waals surface area contributed by atoms with E-state index >= 15 is 0 Å². The molecular weight excluding hydrogens is 340 g/mol. The molecule has 1 saturated carbocycles. The van der Waals surface area contributed by atoms with Gasteiger partial charge in [-0.25, -0.2) is 0 Å². The van der Waals surface area contributed by atoms with Crippen molar-refractivity contribution in [2.24, 2.45) is 5.92 Å². The second kappa shape index (κ2) is 9.46. The topological polar surface area (TPSA) is 95.5 Å². The van der Waals surface area contributed by atoms with Crippen molar-refractivity contribution in [3.63, 3.8) is 0 Å². The molecule has 0 aliphatic heterocycles. The lowest BCUT2D eigenvalue weighted by Gasteiger charge is -2.26. The SMILES string of the molecule is Cc1ccc(NC(=O)CSCC(=O)NC2CCC(C(=O)O)CC2)cc1. The molecule has 2 rings (SSSR count). The first-order valence-electron chi connectivity index (χ1n) is 8.40. The van der Waals surface area contributed by atoms with E-state index in [0.29, 0.717) is 25.7 Å². The average molecular weight is 364 g/mol. The third-order valence-electron chi connectivity index (χ3n) is 4.24. The van der Waals surface area contributed by atoms with Gasteiger partial charge in [-0.05, 0) is 44.7 Å². The zero-order valence-corrected chi connectivity index (χ0v) is 15.1. The second-order valence-corrected chi connectivity index (χ2v) is 7.35. The number of benzene rings is 1. The fraction of sp³-hybridized carbons (Fsp3) is 0.500. The van der Waals surface area contributed by atoms with Crippen LogP contribution in [0.2, 0.25) is 0 Å². The zero-order chi connectivity index (χ0) is 18.2. The van der Waals surface area contributed by atoms with Crippen molar-refractivity contribution in [1.82, 2.24) is 5.32 Å². The van der Waals surface area contributed by atoms with Crippen LogP contribution >= 0.6 is 11.8 Å². The van der Waals surface area contributed by atoms with Gasteiger partial charge in [0.2, 0.25) is 11.8 Å². The standard InChI is InChI=1S/C18H24N2O4S/c1-12-2-6-14(7-3-12)19-16(21)10-25-11-17(22)20-15-8-4-13(5-9-15)18(23)24/h2-3,6-7,13,15H,4-5,8-11H2,1H3,(H,19,21)(H,20,22)(H,23,24). The van der Waals surface area contributed by atoms with Crippen molar-refractivity contribution in [1.29, 1.82) is 0 Å². The molecule has 1 aromatic carbocycles. The number of nitrogens with one attached hydrogen (secondary N) is 2. The van der Waals surface area contributed by atoms with Crippen molar-refractivity contribution < 1.29 is 19.5 Å². The summed E-state index contributed by atoms with van der Waals surface area (Å²) in [7, 11) is 0. The van der Waals surface area contributed by atoms with Crippen molar-refractivity contribution in [2.75, 3.05) is 16.8 Å². The van der Waals surface area contributed by atoms with E-state index in [1.165, 1.54) is 11.8 Å². The van der Waals surface area contributed by atoms with E-state index in [1.807, 2.05) is 31.2 Å². The number of carbonyl (C=O) groups excluding carboxylic acids is 2. The van der Waals surface area contributed by atoms with Crippen molar-refractivity contribution in [3.8, 4) is 0 Å². The normalized spacial score (nSPS) is 19.9. The van der Waals surface area contributed by atoms with E-state index in [4.69, 9.17) is 5.11 Å². The van der Waals surface area contributed by atoms with E-state index in [2.05, 4.69) is 10.6 Å². The summed E-state index contributed by atoms with van der Waals surface area (Å²) in [5.41, 5.74) is 1.87. The smallest absolute Gasteiger partial charge is 0.306 e. The van der Waals surface area contributed by atoms with Gasteiger partial charge in [-0.3, -0.25) is 14.4 Å². The summed E-state index contributed by atoms with van der Waals surface area (Å²) in [5.74, 6) is -0.837. The molecule has 0 radical (unpaired) electrons. The summed E-state index contributed by atoms with van der Waals surface area (Å²) < 4.78 is 0. The first kappa shape index (κ1) is 19.3. The Hall–Kier alpha value is -2.02. The molecule has 0 bridgehead atoms. The molecule has 7 heteroatoms. The number of carboxylic acid groups (broad SMARTS) is 1. The first-order chi connectivity index (χ1) is 11.9. The fourth-order valence-electron chi connectivity index (χ4n) is 2.82. The number of rotatable bonds is 7. The maximum atomic E-state index is 11.9. The van der Waals surface area contributed by atoms with Gasteiger partial charge in [0, 0.05) is 11.7 Å². The Bertz CT molecular complexity index is 610. The number of thioether (sulfide) groups is 1. The highest BCUT2D eigenvalue weighted by Gasteiger charge is 2.26. The molecule has 1 fully saturated rings. The summed E-state index contributed by atoms with van der Waals surface area (Å²) in [6.45, 7) is 1.98. The summed E-state index contributed by atoms with van der Waals surface area (Å²) in [6.07, 6.45) is 2.60. The quantitative estimate of drug-likeness (QED) is 0.691. The van der Waals surface area contributed by atoms with Gasteiger partial charge in [-0.2, -0.15) is 0 Å². The average Bonchev–Trinajstić information content (AvgIpc) is 2.57. The molecule has 0 unspecified atom stereocenters. The molecule has 6 nitrogen and oxygen atoms in total. The number of aliphatic carboxylic acids is 1. The lowest BCUT2D eigenvalue weighted by atomic mass is 9.86. The Morgan fingerprint density at radius 2 is 1.64 bits per heavy atom. The maximum absolute atomic E-state index is 11.9. The van der Waals surface area contributed by atoms with Crippen LogP contribution in [0.25, 0.3) is 0 Å². The van der Waals surface area contributed by atoms with E-state index in [1.54, 1.807) is 0 Å². The molecule has 136 valence electrons. The Balaban J connectivity index is 1.61. The van der Waals surface area contributed by atoms with Crippen LogP contribution in [0.1, 0.15) is 31.2 Å². The number of hydrogen-bond donors (Lipinski definition) is 3. The lowest BCUT2D eigenvalue weighted by molar-refractivity contribution is -0.142. The van der Waals surface area contributed by atoms with Crippen LogP contribution in [-0.2, 0) is 14.4 Å². The van der Waals surface area contributed by atoms with Crippen LogP contribution in [0.5, 0.6) is 0 Å². The Kier molecular flexibility index (Phi) is 7.31. The molecule has 2 amide bonds. The van der Waals surface area contributed by atoms with Crippen LogP contribution in [0.15, 0.2) is 24.3 Å². The Morgan fingerprint density at radius 1 is 1.04 bits per heavy atom. The predicted molar refractivity (Wildman–Crippen MR) is 98.7 cm³/mol. The molecule has 0 spiro atoms. The van der Waals surface area contributed by atoms with Crippen molar-refractivity contribution >= 4 is 35.2 Å². The fourth-order valence-corrected chi connectivity index (χ4v) is 3.45. The van der Waals surface area contributed by atoms with Gasteiger partial charge in [0.15, 0.2) is 0 Å². The molecule has 0 heterocycles. The van der Waals surface area contributed by atoms with E-state index < -0.39 is 5.97 Å². The number of carboxylic acids is 1. The molecule has 1 aliphatic carbocycles. The highest BCUT2D eigenvalue weighted by atomic mass is 32.2. The lowest BCUT2D eigenvalue weighted by Crippen LogP contribution is -2.39. The number of aryl methyl sites for hydroxylation is 1. The third kappa shape index (κ3) is 6.78. The minimum atomic E-state index is -0.750. The minimum absolute atomic E-state index is 0.0464. The Labute approximate surface area is 151 Å². The third-order valence-corrected chi connectivity index (χ3v) is 5.18. The van der Waals surface area contributed by atoms with E-state index in [-0.39, 0.29) is 35.3 Å². The number of anilines is 1. The Morgan fingerprint density at radius 3 is 2.24 bits per heavy atom. The van der Waals surface area contributed by atoms with Crippen LogP contribution in [0.4, 0.5) is 5.69 Å².